The van der Waals surface area contributed by atoms with Crippen molar-refractivity contribution < 1.29 is 26.7 Å². The Kier molecular flexibility index (Phi) is 6.95. The number of pyridine rings is 1. The Hall–Kier alpha value is -2.87. The Morgan fingerprint density at radius 3 is 2.43 bits per heavy atom. The third-order valence-electron chi connectivity index (χ3n) is 5.79. The molecule has 2 N–H and O–H groups in total. The predicted molar refractivity (Wildman–Crippen MR) is 137 cm³/mol. The normalized spacial score (nSPS) is 17.1. The van der Waals surface area contributed by atoms with Gasteiger partial charge in [0.25, 0.3) is 5.56 Å². The van der Waals surface area contributed by atoms with E-state index in [9.17, 15) is 22.0 Å². The number of sulfonamides is 1. The van der Waals surface area contributed by atoms with Crippen LogP contribution in [-0.2, 0) is 17.1 Å². The van der Waals surface area contributed by atoms with E-state index < -0.39 is 38.4 Å². The minimum absolute atomic E-state index is 0.00846. The second-order valence-electron chi connectivity index (χ2n) is 8.00. The maximum atomic E-state index is 14.5. The zero-order valence-corrected chi connectivity index (χ0v) is 21.9. The van der Waals surface area contributed by atoms with E-state index in [2.05, 4.69) is 10.0 Å². The molecule has 1 saturated carbocycles. The molecule has 2 unspecified atom stereocenters. The number of aromatic nitrogens is 1. The average molecular weight is 617 g/mol. The highest BCUT2D eigenvalue weighted by molar-refractivity contribution is 14.1. The largest absolute Gasteiger partial charge is 0.497 e. The van der Waals surface area contributed by atoms with Crippen molar-refractivity contribution in [1.29, 1.82) is 0 Å². The zero-order valence-electron chi connectivity index (χ0n) is 18.9. The summed E-state index contributed by atoms with van der Waals surface area (Å²) in [5, 5.41) is 1.90. The fraction of sp³-hybridized carbons (Fsp3) is 0.261. The van der Waals surface area contributed by atoms with Gasteiger partial charge in [-0.2, -0.15) is 0 Å². The fourth-order valence-electron chi connectivity index (χ4n) is 3.80. The first kappa shape index (κ1) is 25.2. The van der Waals surface area contributed by atoms with Crippen LogP contribution in [0.5, 0.6) is 11.5 Å². The van der Waals surface area contributed by atoms with Crippen LogP contribution in [0.2, 0.25) is 0 Å². The van der Waals surface area contributed by atoms with Crippen molar-refractivity contribution in [2.24, 2.45) is 7.05 Å². The molecule has 3 aromatic rings. The third kappa shape index (κ3) is 5.08. The van der Waals surface area contributed by atoms with Crippen LogP contribution in [0.25, 0.3) is 0 Å². The van der Waals surface area contributed by atoms with Gasteiger partial charge in [-0.15, -0.1) is 0 Å². The minimum Gasteiger partial charge on any atom is -0.497 e. The molecular weight excluding hydrogens is 595 g/mol. The molecule has 0 spiro atoms. The summed E-state index contributed by atoms with van der Waals surface area (Å²) in [5.41, 5.74) is -0.247. The van der Waals surface area contributed by atoms with E-state index in [1.165, 1.54) is 45.5 Å². The summed E-state index contributed by atoms with van der Waals surface area (Å²) >= 11 is 1.96. The number of ether oxygens (including phenoxy) is 2. The molecule has 0 aliphatic heterocycles. The summed E-state index contributed by atoms with van der Waals surface area (Å²) < 4.78 is 70.1. The van der Waals surface area contributed by atoms with E-state index >= 15 is 0 Å². The summed E-state index contributed by atoms with van der Waals surface area (Å²) in [4.78, 5) is 12.5. The van der Waals surface area contributed by atoms with Crippen molar-refractivity contribution in [2.45, 2.75) is 17.6 Å². The number of halogens is 3. The summed E-state index contributed by atoms with van der Waals surface area (Å²) in [7, 11) is 0.0738. The molecule has 2 atom stereocenters. The second kappa shape index (κ2) is 9.64. The fourth-order valence-corrected chi connectivity index (χ4v) is 5.92. The Morgan fingerprint density at radius 2 is 1.80 bits per heavy atom. The minimum atomic E-state index is -4.04. The van der Waals surface area contributed by atoms with Crippen molar-refractivity contribution in [3.8, 4) is 11.5 Å². The number of nitrogens with one attached hydrogen (secondary N) is 2. The number of anilines is 3. The number of methoxy groups -OCH3 is 2. The summed E-state index contributed by atoms with van der Waals surface area (Å²) in [6, 6.07) is 9.84. The molecule has 0 saturated heterocycles. The highest BCUT2D eigenvalue weighted by Crippen LogP contribution is 2.48. The maximum absolute atomic E-state index is 14.5. The molecular formula is C23H22F2IN3O5S. The van der Waals surface area contributed by atoms with Crippen molar-refractivity contribution in [3.05, 3.63) is 73.6 Å². The Bertz CT molecular complexity index is 1460. The number of hydrogen-bond donors (Lipinski definition) is 2. The summed E-state index contributed by atoms with van der Waals surface area (Å²) in [6.45, 7) is 0. The number of benzene rings is 2. The van der Waals surface area contributed by atoms with E-state index in [1.807, 2.05) is 22.6 Å². The average Bonchev–Trinajstić information content (AvgIpc) is 3.61. The Labute approximate surface area is 214 Å². The topological polar surface area (TPSA) is 98.7 Å². The molecule has 1 fully saturated rings. The van der Waals surface area contributed by atoms with E-state index in [0.29, 0.717) is 9.32 Å². The van der Waals surface area contributed by atoms with Crippen LogP contribution in [0.1, 0.15) is 17.9 Å². The third-order valence-corrected chi connectivity index (χ3v) is 8.27. The van der Waals surface area contributed by atoms with Gasteiger partial charge >= 0.3 is 0 Å². The van der Waals surface area contributed by atoms with Crippen LogP contribution in [0, 0.1) is 15.2 Å². The van der Waals surface area contributed by atoms with Gasteiger partial charge in [-0.05, 0) is 58.8 Å². The number of rotatable bonds is 8. The van der Waals surface area contributed by atoms with Crippen molar-refractivity contribution in [2.75, 3.05) is 24.3 Å². The summed E-state index contributed by atoms with van der Waals surface area (Å²) in [6.07, 6.45) is 0.209. The lowest BCUT2D eigenvalue weighted by atomic mass is 10.1. The van der Waals surface area contributed by atoms with Gasteiger partial charge in [-0.1, -0.05) is 6.07 Å². The molecule has 35 heavy (non-hydrogen) atoms. The SMILES string of the molecule is COc1ccc(C2CC2S(=O)(=O)Nc2c(OC)cc(=O)n(C)c2Nc2ccc(I)cc2F)c(F)c1. The first-order valence-corrected chi connectivity index (χ1v) is 13.0. The molecule has 2 aromatic carbocycles. The Morgan fingerprint density at radius 1 is 1.06 bits per heavy atom. The van der Waals surface area contributed by atoms with Crippen LogP contribution in [0.15, 0.2) is 47.3 Å². The van der Waals surface area contributed by atoms with Crippen molar-refractivity contribution in [1.82, 2.24) is 4.57 Å². The predicted octanol–water partition coefficient (Wildman–Crippen LogP) is 4.33. The zero-order chi connectivity index (χ0) is 25.5. The van der Waals surface area contributed by atoms with Gasteiger partial charge in [0, 0.05) is 28.7 Å². The molecule has 1 aliphatic rings. The van der Waals surface area contributed by atoms with Gasteiger partial charge in [0.15, 0.2) is 5.75 Å². The molecule has 1 heterocycles. The second-order valence-corrected chi connectivity index (χ2v) is 11.1. The highest BCUT2D eigenvalue weighted by atomic mass is 127. The number of hydrogen-bond acceptors (Lipinski definition) is 6. The van der Waals surface area contributed by atoms with Crippen molar-refractivity contribution >= 4 is 49.8 Å². The lowest BCUT2D eigenvalue weighted by molar-refractivity contribution is 0.410. The first-order valence-electron chi connectivity index (χ1n) is 10.4. The quantitative estimate of drug-likeness (QED) is 0.366. The Balaban J connectivity index is 1.69. The van der Waals surface area contributed by atoms with E-state index in [1.54, 1.807) is 12.1 Å². The van der Waals surface area contributed by atoms with Gasteiger partial charge in [0.05, 0.1) is 25.2 Å². The van der Waals surface area contributed by atoms with E-state index in [4.69, 9.17) is 9.47 Å². The molecule has 12 heteroatoms. The van der Waals surface area contributed by atoms with Crippen molar-refractivity contribution in [3.63, 3.8) is 0 Å². The molecule has 0 radical (unpaired) electrons. The lowest BCUT2D eigenvalue weighted by Crippen LogP contribution is -2.25. The van der Waals surface area contributed by atoms with Gasteiger partial charge in [0.1, 0.15) is 28.9 Å². The molecule has 8 nitrogen and oxygen atoms in total. The van der Waals surface area contributed by atoms with E-state index in [0.717, 1.165) is 10.6 Å². The van der Waals surface area contributed by atoms with Crippen LogP contribution in [0.4, 0.5) is 26.0 Å². The van der Waals surface area contributed by atoms with Gasteiger partial charge in [0.2, 0.25) is 10.0 Å². The molecule has 0 amide bonds. The van der Waals surface area contributed by atoms with Crippen LogP contribution >= 0.6 is 22.6 Å². The maximum Gasteiger partial charge on any atom is 0.255 e. The standard InChI is InChI=1S/C23H22F2IN3O5S/c1-29-21(30)11-19(34-3)22(23(29)27-18-7-4-12(26)8-17(18)25)28-35(31,32)20-10-15(20)14-6-5-13(33-2)9-16(14)24/h4-9,11,15,20,27-28H,10H2,1-3H3. The summed E-state index contributed by atoms with van der Waals surface area (Å²) in [5.74, 6) is -1.41. The van der Waals surface area contributed by atoms with Crippen LogP contribution in [-0.4, -0.2) is 32.5 Å². The van der Waals surface area contributed by atoms with Crippen LogP contribution < -0.4 is 25.1 Å². The first-order chi connectivity index (χ1) is 16.6. The van der Waals surface area contributed by atoms with Gasteiger partial charge in [-0.3, -0.25) is 14.1 Å². The van der Waals surface area contributed by atoms with Gasteiger partial charge in [-0.25, -0.2) is 17.2 Å². The highest BCUT2D eigenvalue weighted by Gasteiger charge is 2.49. The lowest BCUT2D eigenvalue weighted by Gasteiger charge is -2.20. The molecule has 1 aromatic heterocycles. The van der Waals surface area contributed by atoms with E-state index in [-0.39, 0.29) is 34.9 Å². The molecule has 1 aliphatic carbocycles. The molecule has 0 bridgehead atoms. The monoisotopic (exact) mass is 617 g/mol. The molecule has 4 rings (SSSR count). The van der Waals surface area contributed by atoms with Crippen LogP contribution in [0.3, 0.4) is 0 Å². The smallest absolute Gasteiger partial charge is 0.255 e. The molecule has 186 valence electrons. The van der Waals surface area contributed by atoms with Gasteiger partial charge < -0.3 is 14.8 Å². The number of nitrogens with zero attached hydrogens (tertiary/aromatic N) is 1.